The molecule has 5 atom stereocenters. The maximum absolute atomic E-state index is 14.1. The van der Waals surface area contributed by atoms with E-state index in [1.54, 1.807) is 31.4 Å². The normalized spacial score (nSPS) is 24.4. The van der Waals surface area contributed by atoms with E-state index in [9.17, 15) is 31.6 Å². The Morgan fingerprint density at radius 2 is 1.80 bits per heavy atom. The summed E-state index contributed by atoms with van der Waals surface area (Å²) in [6.07, 6.45) is -2.77. The third-order valence-corrected chi connectivity index (χ3v) is 10.9. The number of carbonyl (C=O) groups is 3. The Balaban J connectivity index is 1.40. The summed E-state index contributed by atoms with van der Waals surface area (Å²) >= 11 is 0. The van der Waals surface area contributed by atoms with Gasteiger partial charge in [0, 0.05) is 25.1 Å². The van der Waals surface area contributed by atoms with Crippen LogP contribution in [0.5, 0.6) is 5.75 Å². The molecule has 1 saturated heterocycles. The van der Waals surface area contributed by atoms with E-state index in [4.69, 9.17) is 9.47 Å². The van der Waals surface area contributed by atoms with E-state index in [2.05, 4.69) is 26.0 Å². The third kappa shape index (κ3) is 8.17. The molecule has 49 heavy (non-hydrogen) atoms. The minimum absolute atomic E-state index is 0.0105. The second-order valence-corrected chi connectivity index (χ2v) is 15.4. The van der Waals surface area contributed by atoms with E-state index in [1.807, 2.05) is 32.4 Å². The first-order chi connectivity index (χ1) is 23.2. The van der Waals surface area contributed by atoms with Crippen LogP contribution >= 0.6 is 0 Å². The topological polar surface area (TPSA) is 187 Å². The molecule has 2 saturated carbocycles. The number of halogens is 2. The Bertz CT molecular complexity index is 1620. The number of alkyl halides is 2. The first kappa shape index (κ1) is 36.5. The Hall–Kier alpha value is -3.77. The molecule has 0 radical (unpaired) electrons. The molecule has 1 aromatic heterocycles. The standard InChI is InChI=1S/C31H44F2N8O7S/c1-17(2)25(34-12-13-48-18(3)4)29(43)40-16-20(41-37-27(36-39-41)19-6-8-21(47-5)9-7-19)14-24(40)28(42)35-31(15-23(31)26(32)33)30(44)38-49(45,46)22-10-11-22/h6-9,17-18,20,22-26,34H,10-16H2,1-5H3,(H,35,42)(H,38,44)/t20-,23+,24?,25+,31-/m1/s1. The van der Waals surface area contributed by atoms with Crippen molar-refractivity contribution in [3.05, 3.63) is 24.3 Å². The molecule has 2 heterocycles. The Labute approximate surface area is 283 Å². The fourth-order valence-electron chi connectivity index (χ4n) is 6.04. The molecule has 1 aromatic carbocycles. The quantitative estimate of drug-likeness (QED) is 0.213. The minimum atomic E-state index is -4.08. The number of hydrogen-bond acceptors (Lipinski definition) is 11. The van der Waals surface area contributed by atoms with Gasteiger partial charge in [-0.2, -0.15) is 4.80 Å². The van der Waals surface area contributed by atoms with Crippen LogP contribution in [0.1, 0.15) is 59.4 Å². The van der Waals surface area contributed by atoms with Crippen molar-refractivity contribution in [3.63, 3.8) is 0 Å². The summed E-state index contributed by atoms with van der Waals surface area (Å²) in [5.41, 5.74) is -1.49. The lowest BCUT2D eigenvalue weighted by Gasteiger charge is -2.31. The second kappa shape index (κ2) is 14.6. The third-order valence-electron chi connectivity index (χ3n) is 9.09. The highest BCUT2D eigenvalue weighted by molar-refractivity contribution is 7.91. The van der Waals surface area contributed by atoms with Gasteiger partial charge in [0.25, 0.3) is 5.91 Å². The Kier molecular flexibility index (Phi) is 10.9. The van der Waals surface area contributed by atoms with Gasteiger partial charge >= 0.3 is 0 Å². The lowest BCUT2D eigenvalue weighted by atomic mass is 10.0. The number of carbonyl (C=O) groups excluding carboxylic acids is 3. The Morgan fingerprint density at radius 1 is 1.10 bits per heavy atom. The molecule has 0 spiro atoms. The predicted octanol–water partition coefficient (Wildman–Crippen LogP) is 1.28. The molecule has 1 aliphatic heterocycles. The van der Waals surface area contributed by atoms with E-state index in [-0.39, 0.29) is 25.0 Å². The maximum Gasteiger partial charge on any atom is 0.259 e. The van der Waals surface area contributed by atoms with Crippen molar-refractivity contribution in [2.24, 2.45) is 11.8 Å². The van der Waals surface area contributed by atoms with Gasteiger partial charge in [0.1, 0.15) is 17.3 Å². The van der Waals surface area contributed by atoms with Crippen LogP contribution in [0.3, 0.4) is 0 Å². The minimum Gasteiger partial charge on any atom is -0.497 e. The van der Waals surface area contributed by atoms with Crippen molar-refractivity contribution in [1.82, 2.24) is 40.5 Å². The van der Waals surface area contributed by atoms with E-state index < -0.39 is 75.4 Å². The molecule has 18 heteroatoms. The molecule has 3 aliphatic rings. The fourth-order valence-corrected chi connectivity index (χ4v) is 7.41. The largest absolute Gasteiger partial charge is 0.497 e. The van der Waals surface area contributed by atoms with Crippen molar-refractivity contribution in [2.45, 2.75) is 94.8 Å². The van der Waals surface area contributed by atoms with Gasteiger partial charge in [0.15, 0.2) is 0 Å². The summed E-state index contributed by atoms with van der Waals surface area (Å²) in [4.78, 5) is 44.0. The summed E-state index contributed by atoms with van der Waals surface area (Å²) in [7, 11) is -2.53. The summed E-state index contributed by atoms with van der Waals surface area (Å²) < 4.78 is 65.7. The summed E-state index contributed by atoms with van der Waals surface area (Å²) in [6.45, 7) is 8.15. The van der Waals surface area contributed by atoms with Gasteiger partial charge in [-0.15, -0.1) is 10.2 Å². The van der Waals surface area contributed by atoms with Crippen LogP contribution < -0.4 is 20.1 Å². The summed E-state index contributed by atoms with van der Waals surface area (Å²) in [6, 6.07) is 4.40. The van der Waals surface area contributed by atoms with Gasteiger partial charge in [-0.1, -0.05) is 13.8 Å². The van der Waals surface area contributed by atoms with Crippen molar-refractivity contribution >= 4 is 27.7 Å². The number of sulfonamides is 1. The van der Waals surface area contributed by atoms with E-state index in [0.717, 1.165) is 0 Å². The van der Waals surface area contributed by atoms with Crippen molar-refractivity contribution < 1.29 is 41.1 Å². The van der Waals surface area contributed by atoms with Crippen LogP contribution in [0.15, 0.2) is 24.3 Å². The monoisotopic (exact) mass is 710 g/mol. The molecule has 1 unspecified atom stereocenters. The average Bonchev–Trinajstić information content (AvgIpc) is 3.93. The molecule has 3 amide bonds. The molecule has 270 valence electrons. The number of tetrazole rings is 1. The van der Waals surface area contributed by atoms with E-state index in [0.29, 0.717) is 43.1 Å². The molecular formula is C31H44F2N8O7S. The highest BCUT2D eigenvalue weighted by Crippen LogP contribution is 2.48. The van der Waals surface area contributed by atoms with E-state index in [1.165, 1.54) is 9.70 Å². The molecule has 2 aliphatic carbocycles. The number of methoxy groups -OCH3 is 1. The van der Waals surface area contributed by atoms with Gasteiger partial charge in [-0.3, -0.25) is 19.1 Å². The Morgan fingerprint density at radius 3 is 2.37 bits per heavy atom. The highest BCUT2D eigenvalue weighted by atomic mass is 32.2. The molecule has 0 bridgehead atoms. The number of nitrogens with zero attached hydrogens (tertiary/aromatic N) is 5. The van der Waals surface area contributed by atoms with Gasteiger partial charge in [0.05, 0.1) is 43.1 Å². The number of nitrogens with one attached hydrogen (secondary N) is 3. The van der Waals surface area contributed by atoms with Crippen molar-refractivity contribution in [3.8, 4) is 17.1 Å². The first-order valence-corrected chi connectivity index (χ1v) is 18.0. The SMILES string of the molecule is COc1ccc(-c2nnn([C@@H]3CC(C(=O)N[C@]4(C(=O)NS(=O)(=O)C5CC5)C[C@H]4C(F)F)N(C(=O)[C@@H](NCCOC(C)C)C(C)C)C3)n2)cc1. The average molecular weight is 711 g/mol. The highest BCUT2D eigenvalue weighted by Gasteiger charge is 2.66. The van der Waals surface area contributed by atoms with Gasteiger partial charge in [0.2, 0.25) is 34.1 Å². The smallest absolute Gasteiger partial charge is 0.259 e. The number of rotatable bonds is 16. The molecule has 5 rings (SSSR count). The van der Waals surface area contributed by atoms with Crippen LogP contribution in [0.25, 0.3) is 11.4 Å². The van der Waals surface area contributed by atoms with Gasteiger partial charge < -0.3 is 25.0 Å². The first-order valence-electron chi connectivity index (χ1n) is 16.4. The van der Waals surface area contributed by atoms with Crippen molar-refractivity contribution in [2.75, 3.05) is 26.8 Å². The molecule has 3 fully saturated rings. The number of aromatic nitrogens is 4. The van der Waals surface area contributed by atoms with Crippen LogP contribution in [-0.2, 0) is 29.1 Å². The zero-order valence-electron chi connectivity index (χ0n) is 28.1. The zero-order chi connectivity index (χ0) is 35.7. The maximum atomic E-state index is 14.1. The lowest BCUT2D eigenvalue weighted by Crippen LogP contribution is -2.59. The molecule has 2 aromatic rings. The van der Waals surface area contributed by atoms with Crippen LogP contribution in [0, 0.1) is 11.8 Å². The van der Waals surface area contributed by atoms with E-state index >= 15 is 0 Å². The van der Waals surface area contributed by atoms with Crippen molar-refractivity contribution in [1.29, 1.82) is 0 Å². The number of hydrogen-bond donors (Lipinski definition) is 3. The zero-order valence-corrected chi connectivity index (χ0v) is 29.0. The molecular weight excluding hydrogens is 666 g/mol. The number of likely N-dealkylation sites (tertiary alicyclic amines) is 1. The fraction of sp³-hybridized carbons (Fsp3) is 0.677. The van der Waals surface area contributed by atoms with Crippen LogP contribution in [-0.4, -0.2) is 113 Å². The molecule has 3 N–H and O–H groups in total. The lowest BCUT2D eigenvalue weighted by molar-refractivity contribution is -0.142. The number of amides is 3. The molecule has 15 nitrogen and oxygen atoms in total. The predicted molar refractivity (Wildman–Crippen MR) is 172 cm³/mol. The summed E-state index contributed by atoms with van der Waals surface area (Å²) in [5, 5.41) is 17.7. The second-order valence-electron chi connectivity index (χ2n) is 13.4. The van der Waals surface area contributed by atoms with Gasteiger partial charge in [-0.05, 0) is 68.5 Å². The number of benzene rings is 1. The van der Waals surface area contributed by atoms with Gasteiger partial charge in [-0.25, -0.2) is 17.2 Å². The van der Waals surface area contributed by atoms with Crippen LogP contribution in [0.4, 0.5) is 8.78 Å². The number of ether oxygens (including phenoxy) is 2. The summed E-state index contributed by atoms with van der Waals surface area (Å²) in [5.74, 6) is -3.36. The van der Waals surface area contributed by atoms with Crippen LogP contribution in [0.2, 0.25) is 0 Å².